The Morgan fingerprint density at radius 2 is 1.59 bits per heavy atom. The molecule has 1 aliphatic rings. The fourth-order valence-electron chi connectivity index (χ4n) is 5.95. The summed E-state index contributed by atoms with van der Waals surface area (Å²) in [5.41, 5.74) is 5.08. The van der Waals surface area contributed by atoms with Gasteiger partial charge in [0.05, 0.1) is 35.4 Å². The maximum atomic E-state index is 15.0. The zero-order valence-corrected chi connectivity index (χ0v) is 25.8. The number of rotatable bonds is 8. The van der Waals surface area contributed by atoms with E-state index < -0.39 is 47.0 Å². The number of hydrogen-bond donors (Lipinski definition) is 1. The first-order chi connectivity index (χ1) is 22.0. The molecule has 0 radical (unpaired) electrons. The van der Waals surface area contributed by atoms with Gasteiger partial charge in [0, 0.05) is 43.5 Å². The highest BCUT2D eigenvalue weighted by Gasteiger charge is 2.35. The van der Waals surface area contributed by atoms with E-state index in [1.807, 2.05) is 35.2 Å². The van der Waals surface area contributed by atoms with Crippen LogP contribution in [0, 0.1) is 12.7 Å². The zero-order valence-electron chi connectivity index (χ0n) is 25.0. The maximum absolute atomic E-state index is 15.0. The Bertz CT molecular complexity index is 1950. The summed E-state index contributed by atoms with van der Waals surface area (Å²) in [6, 6.07) is 18.8. The van der Waals surface area contributed by atoms with Crippen LogP contribution in [0.2, 0.25) is 0 Å². The van der Waals surface area contributed by atoms with Gasteiger partial charge in [-0.15, -0.1) is 11.3 Å². The van der Waals surface area contributed by atoms with E-state index in [-0.39, 0.29) is 17.9 Å². The largest absolute Gasteiger partial charge is 0.416 e. The predicted molar refractivity (Wildman–Crippen MR) is 171 cm³/mol. The van der Waals surface area contributed by atoms with Gasteiger partial charge in [0.2, 0.25) is 0 Å². The highest BCUT2D eigenvalue weighted by atomic mass is 32.1. The molecule has 6 rings (SSSR count). The van der Waals surface area contributed by atoms with Crippen molar-refractivity contribution in [2.24, 2.45) is 5.73 Å². The number of para-hydroxylation sites is 1. The lowest BCUT2D eigenvalue weighted by atomic mass is 10.1. The van der Waals surface area contributed by atoms with E-state index in [2.05, 4.69) is 4.90 Å². The van der Waals surface area contributed by atoms with Crippen molar-refractivity contribution in [3.8, 4) is 0 Å². The first-order valence-electron chi connectivity index (χ1n) is 14.8. The lowest BCUT2D eigenvalue weighted by Gasteiger charge is -2.36. The van der Waals surface area contributed by atoms with Crippen LogP contribution < -0.4 is 21.9 Å². The van der Waals surface area contributed by atoms with Gasteiger partial charge in [-0.2, -0.15) is 13.2 Å². The molecule has 0 bridgehead atoms. The summed E-state index contributed by atoms with van der Waals surface area (Å²) in [6.07, 6.45) is -4.85. The molecule has 1 fully saturated rings. The fraction of sp³-hybridized carbons (Fsp3) is 0.303. The minimum Gasteiger partial charge on any atom is -0.363 e. The van der Waals surface area contributed by atoms with Crippen LogP contribution in [0.25, 0.3) is 10.2 Å². The minimum absolute atomic E-state index is 0.163. The Balaban J connectivity index is 1.35. The Labute approximate surface area is 265 Å². The minimum atomic E-state index is -4.85. The van der Waals surface area contributed by atoms with Crippen molar-refractivity contribution in [1.82, 2.24) is 19.0 Å². The molecule has 0 amide bonds. The number of benzene rings is 3. The van der Waals surface area contributed by atoms with E-state index in [0.717, 1.165) is 42.6 Å². The predicted octanol–water partition coefficient (Wildman–Crippen LogP) is 5.16. The van der Waals surface area contributed by atoms with E-state index in [4.69, 9.17) is 10.7 Å². The molecule has 240 valence electrons. The monoisotopic (exact) mass is 652 g/mol. The summed E-state index contributed by atoms with van der Waals surface area (Å²) in [4.78, 5) is 36.7. The number of aromatic nitrogens is 3. The molecule has 0 aliphatic carbocycles. The van der Waals surface area contributed by atoms with Crippen LogP contribution >= 0.6 is 11.3 Å². The molecular weight excluding hydrogens is 620 g/mol. The topological polar surface area (TPSA) is 89.4 Å². The molecule has 46 heavy (non-hydrogen) atoms. The normalized spacial score (nSPS) is 15.0. The number of alkyl halides is 3. The van der Waals surface area contributed by atoms with E-state index >= 15 is 0 Å². The van der Waals surface area contributed by atoms with Crippen LogP contribution in [0.1, 0.15) is 33.4 Å². The zero-order chi connectivity index (χ0) is 32.6. The van der Waals surface area contributed by atoms with E-state index in [0.29, 0.717) is 38.3 Å². The second-order valence-corrected chi connectivity index (χ2v) is 12.5. The lowest BCUT2D eigenvalue weighted by Crippen LogP contribution is -2.51. The SMILES string of the molecule is Cc1c(N2CCN(Cc3nc4ccccc4s3)CC2)c(=O)n(CC(N)c2ccccc2)c(=O)n1Cc1c(F)cccc1C(F)(F)F. The molecule has 0 saturated carbocycles. The van der Waals surface area contributed by atoms with Gasteiger partial charge in [0.25, 0.3) is 5.56 Å². The highest BCUT2D eigenvalue weighted by molar-refractivity contribution is 7.18. The molecule has 1 atom stereocenters. The van der Waals surface area contributed by atoms with Crippen LogP contribution in [0.4, 0.5) is 23.2 Å². The number of thiazole rings is 1. The van der Waals surface area contributed by atoms with Gasteiger partial charge in [-0.3, -0.25) is 18.8 Å². The number of piperazine rings is 1. The van der Waals surface area contributed by atoms with E-state index in [1.165, 1.54) is 6.92 Å². The van der Waals surface area contributed by atoms with Crippen LogP contribution in [0.3, 0.4) is 0 Å². The number of nitrogens with zero attached hydrogens (tertiary/aromatic N) is 5. The molecule has 1 unspecified atom stereocenters. The van der Waals surface area contributed by atoms with Crippen LogP contribution in [-0.4, -0.2) is 45.2 Å². The summed E-state index contributed by atoms with van der Waals surface area (Å²) in [5.74, 6) is -1.09. The van der Waals surface area contributed by atoms with Crippen molar-refractivity contribution in [2.75, 3.05) is 31.1 Å². The van der Waals surface area contributed by atoms with Gasteiger partial charge < -0.3 is 10.6 Å². The summed E-state index contributed by atoms with van der Waals surface area (Å²) < 4.78 is 59.8. The molecule has 2 aromatic heterocycles. The number of halogens is 4. The van der Waals surface area contributed by atoms with Crippen LogP contribution in [0.15, 0.2) is 82.4 Å². The van der Waals surface area contributed by atoms with E-state index in [9.17, 15) is 27.2 Å². The van der Waals surface area contributed by atoms with Crippen molar-refractivity contribution in [3.05, 3.63) is 127 Å². The molecule has 1 aliphatic heterocycles. The molecule has 3 aromatic carbocycles. The number of fused-ring (bicyclic) bond motifs is 1. The molecule has 0 spiro atoms. The summed E-state index contributed by atoms with van der Waals surface area (Å²) >= 11 is 1.63. The van der Waals surface area contributed by atoms with Gasteiger partial charge in [-0.25, -0.2) is 14.2 Å². The van der Waals surface area contributed by atoms with Gasteiger partial charge in [-0.1, -0.05) is 48.5 Å². The highest BCUT2D eigenvalue weighted by Crippen LogP contribution is 2.34. The van der Waals surface area contributed by atoms with Crippen LogP contribution in [-0.2, 0) is 25.8 Å². The van der Waals surface area contributed by atoms with Gasteiger partial charge in [0.15, 0.2) is 0 Å². The van der Waals surface area contributed by atoms with E-state index in [1.54, 1.807) is 35.6 Å². The van der Waals surface area contributed by atoms with Gasteiger partial charge >= 0.3 is 11.9 Å². The Kier molecular flexibility index (Phi) is 8.82. The van der Waals surface area contributed by atoms with Gasteiger partial charge in [0.1, 0.15) is 16.5 Å². The van der Waals surface area contributed by atoms with Crippen molar-refractivity contribution in [2.45, 2.75) is 38.8 Å². The quantitative estimate of drug-likeness (QED) is 0.233. The third-order valence-electron chi connectivity index (χ3n) is 8.39. The number of nitrogens with two attached hydrogens (primary N) is 1. The standard InChI is InChI=1S/C33H32F4N6O2S/c1-21-30(41-16-14-40(15-17-41)20-29-39-27-12-5-6-13-28(27)46-29)31(44)43(19-26(38)22-8-3-2-4-9-22)32(45)42(21)18-23-24(33(35,36)37)10-7-11-25(23)34/h2-13,26H,14-20,38H2,1H3. The Hall–Kier alpha value is -4.33. The Morgan fingerprint density at radius 1 is 0.891 bits per heavy atom. The average Bonchev–Trinajstić information content (AvgIpc) is 3.45. The molecule has 1 saturated heterocycles. The number of anilines is 1. The maximum Gasteiger partial charge on any atom is 0.416 e. The summed E-state index contributed by atoms with van der Waals surface area (Å²) in [6.45, 7) is 3.25. The van der Waals surface area contributed by atoms with Crippen molar-refractivity contribution in [1.29, 1.82) is 0 Å². The van der Waals surface area contributed by atoms with Crippen molar-refractivity contribution in [3.63, 3.8) is 0 Å². The first-order valence-corrected chi connectivity index (χ1v) is 15.6. The molecule has 3 heterocycles. The number of hydrogen-bond acceptors (Lipinski definition) is 7. The van der Waals surface area contributed by atoms with Crippen molar-refractivity contribution >= 4 is 27.2 Å². The third-order valence-corrected chi connectivity index (χ3v) is 9.41. The average molecular weight is 653 g/mol. The molecule has 5 aromatic rings. The smallest absolute Gasteiger partial charge is 0.363 e. The fourth-order valence-corrected chi connectivity index (χ4v) is 6.96. The molecule has 2 N–H and O–H groups in total. The molecule has 13 heteroatoms. The second kappa shape index (κ2) is 12.8. The first kappa shape index (κ1) is 31.6. The molecular formula is C33H32F4N6O2S. The van der Waals surface area contributed by atoms with Crippen molar-refractivity contribution < 1.29 is 17.6 Å². The summed E-state index contributed by atoms with van der Waals surface area (Å²) in [5, 5.41) is 0.974. The Morgan fingerprint density at radius 3 is 2.28 bits per heavy atom. The second-order valence-electron chi connectivity index (χ2n) is 11.3. The van der Waals surface area contributed by atoms with Gasteiger partial charge in [-0.05, 0) is 36.8 Å². The lowest BCUT2D eigenvalue weighted by molar-refractivity contribution is -0.138. The van der Waals surface area contributed by atoms with Crippen LogP contribution in [0.5, 0.6) is 0 Å². The summed E-state index contributed by atoms with van der Waals surface area (Å²) in [7, 11) is 0. The third kappa shape index (κ3) is 6.35. The molecule has 8 nitrogen and oxygen atoms in total.